The van der Waals surface area contributed by atoms with Gasteiger partial charge < -0.3 is 9.84 Å². The molecule has 0 heterocycles. The predicted octanol–water partition coefficient (Wildman–Crippen LogP) is 3.34. The van der Waals surface area contributed by atoms with Gasteiger partial charge in [0.05, 0.1) is 11.5 Å². The van der Waals surface area contributed by atoms with Gasteiger partial charge in [-0.05, 0) is 18.9 Å². The summed E-state index contributed by atoms with van der Waals surface area (Å²) < 4.78 is 5.36. The van der Waals surface area contributed by atoms with Gasteiger partial charge in [0.15, 0.2) is 5.75 Å². The van der Waals surface area contributed by atoms with E-state index >= 15 is 0 Å². The smallest absolute Gasteiger partial charge is 0.316 e. The zero-order chi connectivity index (χ0) is 15.1. The van der Waals surface area contributed by atoms with Crippen molar-refractivity contribution in [2.75, 3.05) is 6.61 Å². The van der Waals surface area contributed by atoms with Gasteiger partial charge in [-0.3, -0.25) is 14.9 Å². The highest BCUT2D eigenvalue weighted by Crippen LogP contribution is 2.34. The van der Waals surface area contributed by atoms with Gasteiger partial charge in [-0.2, -0.15) is 0 Å². The highest BCUT2D eigenvalue weighted by atomic mass is 32.2. The first kappa shape index (κ1) is 16.3. The molecule has 0 bridgehead atoms. The van der Waals surface area contributed by atoms with Gasteiger partial charge in [0.1, 0.15) is 5.25 Å². The second-order valence-corrected chi connectivity index (χ2v) is 5.36. The first-order valence-electron chi connectivity index (χ1n) is 6.30. The number of nitrogens with zero attached hydrogens (tertiary/aromatic N) is 1. The number of hydrogen-bond acceptors (Lipinski definition) is 5. The highest BCUT2D eigenvalue weighted by molar-refractivity contribution is 8.00. The molecular formula is C13H17NO5S. The number of nitro benzene ring substituents is 1. The lowest BCUT2D eigenvalue weighted by atomic mass is 10.3. The van der Waals surface area contributed by atoms with Gasteiger partial charge in [0.2, 0.25) is 0 Å². The van der Waals surface area contributed by atoms with E-state index in [4.69, 9.17) is 9.84 Å². The van der Waals surface area contributed by atoms with Crippen molar-refractivity contribution in [1.82, 2.24) is 0 Å². The second-order valence-electron chi connectivity index (χ2n) is 4.09. The number of carboxylic acid groups (broad SMARTS) is 1. The maximum atomic E-state index is 11.0. The average Bonchev–Trinajstić information content (AvgIpc) is 2.41. The van der Waals surface area contributed by atoms with Crippen molar-refractivity contribution >= 4 is 23.4 Å². The average molecular weight is 299 g/mol. The van der Waals surface area contributed by atoms with Gasteiger partial charge in [0, 0.05) is 17.0 Å². The Bertz CT molecular complexity index is 492. The van der Waals surface area contributed by atoms with Crippen molar-refractivity contribution in [3.8, 4) is 5.75 Å². The van der Waals surface area contributed by atoms with Crippen LogP contribution in [0.4, 0.5) is 5.69 Å². The summed E-state index contributed by atoms with van der Waals surface area (Å²) in [5.41, 5.74) is -0.105. The Morgan fingerprint density at radius 1 is 1.50 bits per heavy atom. The third-order valence-corrected chi connectivity index (χ3v) is 3.86. The SMILES string of the molecule is CCCOc1cc(SC(CC)C(=O)O)ccc1[N+](=O)[O-]. The van der Waals surface area contributed by atoms with E-state index in [1.54, 1.807) is 13.0 Å². The van der Waals surface area contributed by atoms with Crippen LogP contribution in [0.1, 0.15) is 26.7 Å². The third kappa shape index (κ3) is 4.41. The molecule has 0 aliphatic heterocycles. The molecular weight excluding hydrogens is 282 g/mol. The normalized spacial score (nSPS) is 11.9. The molecule has 1 atom stereocenters. The van der Waals surface area contributed by atoms with Crippen molar-refractivity contribution in [1.29, 1.82) is 0 Å². The summed E-state index contributed by atoms with van der Waals surface area (Å²) in [4.78, 5) is 22.1. The van der Waals surface area contributed by atoms with Crippen molar-refractivity contribution in [3.63, 3.8) is 0 Å². The lowest BCUT2D eigenvalue weighted by Gasteiger charge is -2.11. The minimum Gasteiger partial charge on any atom is -0.487 e. The molecule has 1 rings (SSSR count). The summed E-state index contributed by atoms with van der Waals surface area (Å²) in [5, 5.41) is 19.4. The molecule has 1 aromatic rings. The number of aliphatic carboxylic acids is 1. The molecule has 0 aliphatic carbocycles. The molecule has 0 spiro atoms. The fraction of sp³-hybridized carbons (Fsp3) is 0.462. The Morgan fingerprint density at radius 3 is 2.70 bits per heavy atom. The maximum absolute atomic E-state index is 11.0. The fourth-order valence-corrected chi connectivity index (χ4v) is 2.44. The molecule has 1 N–H and O–H groups in total. The zero-order valence-electron chi connectivity index (χ0n) is 11.4. The molecule has 110 valence electrons. The first-order chi connectivity index (χ1) is 9.49. The molecule has 0 amide bonds. The van der Waals surface area contributed by atoms with Crippen LogP contribution < -0.4 is 4.74 Å². The molecule has 0 aliphatic rings. The summed E-state index contributed by atoms with van der Waals surface area (Å²) >= 11 is 1.16. The Labute approximate surface area is 121 Å². The quantitative estimate of drug-likeness (QED) is 0.450. The van der Waals surface area contributed by atoms with Crippen molar-refractivity contribution in [2.45, 2.75) is 36.8 Å². The minimum atomic E-state index is -0.896. The van der Waals surface area contributed by atoms with Crippen LogP contribution >= 0.6 is 11.8 Å². The largest absolute Gasteiger partial charge is 0.487 e. The molecule has 0 saturated carbocycles. The van der Waals surface area contributed by atoms with Crippen LogP contribution in [0.15, 0.2) is 23.1 Å². The van der Waals surface area contributed by atoms with E-state index in [1.807, 2.05) is 6.92 Å². The summed E-state index contributed by atoms with van der Waals surface area (Å²) in [6, 6.07) is 4.43. The Hall–Kier alpha value is -1.76. The van der Waals surface area contributed by atoms with Crippen molar-refractivity contribution < 1.29 is 19.6 Å². The van der Waals surface area contributed by atoms with Crippen LogP contribution in [0.25, 0.3) is 0 Å². The van der Waals surface area contributed by atoms with E-state index in [2.05, 4.69) is 0 Å². The fourth-order valence-electron chi connectivity index (χ4n) is 1.52. The van der Waals surface area contributed by atoms with Crippen LogP contribution in [-0.4, -0.2) is 27.9 Å². The monoisotopic (exact) mass is 299 g/mol. The van der Waals surface area contributed by atoms with Crippen molar-refractivity contribution in [3.05, 3.63) is 28.3 Å². The number of nitro groups is 1. The van der Waals surface area contributed by atoms with Crippen molar-refractivity contribution in [2.24, 2.45) is 0 Å². The number of ether oxygens (including phenoxy) is 1. The number of carbonyl (C=O) groups is 1. The van der Waals surface area contributed by atoms with E-state index in [1.165, 1.54) is 12.1 Å². The number of rotatable bonds is 8. The predicted molar refractivity (Wildman–Crippen MR) is 76.5 cm³/mol. The lowest BCUT2D eigenvalue weighted by Crippen LogP contribution is -2.14. The Kier molecular flexibility index (Phi) is 6.30. The molecule has 1 unspecified atom stereocenters. The maximum Gasteiger partial charge on any atom is 0.316 e. The van der Waals surface area contributed by atoms with Crippen LogP contribution in [0.5, 0.6) is 5.75 Å². The molecule has 20 heavy (non-hydrogen) atoms. The summed E-state index contributed by atoms with van der Waals surface area (Å²) in [6.45, 7) is 4.07. The molecule has 0 aromatic heterocycles. The molecule has 6 nitrogen and oxygen atoms in total. The topological polar surface area (TPSA) is 89.7 Å². The van der Waals surface area contributed by atoms with Gasteiger partial charge in [-0.1, -0.05) is 13.8 Å². The third-order valence-electron chi connectivity index (χ3n) is 2.51. The summed E-state index contributed by atoms with van der Waals surface area (Å²) in [5.74, 6) is -0.714. The molecule has 0 saturated heterocycles. The van der Waals surface area contributed by atoms with Crippen LogP contribution in [0.2, 0.25) is 0 Å². The van der Waals surface area contributed by atoms with Crippen LogP contribution in [-0.2, 0) is 4.79 Å². The Balaban J connectivity index is 2.99. The highest BCUT2D eigenvalue weighted by Gasteiger charge is 2.20. The number of carboxylic acids is 1. The molecule has 7 heteroatoms. The van der Waals surface area contributed by atoms with E-state index < -0.39 is 16.1 Å². The van der Waals surface area contributed by atoms with E-state index in [0.29, 0.717) is 17.9 Å². The standard InChI is InChI=1S/C13H17NO5S/c1-3-7-19-11-8-9(5-6-10(11)14(17)18)20-12(4-2)13(15)16/h5-6,8,12H,3-4,7H2,1-2H3,(H,15,16). The number of hydrogen-bond donors (Lipinski definition) is 1. The zero-order valence-corrected chi connectivity index (χ0v) is 12.2. The van der Waals surface area contributed by atoms with Crippen LogP contribution in [0, 0.1) is 10.1 Å². The van der Waals surface area contributed by atoms with Gasteiger partial charge in [0.25, 0.3) is 0 Å². The summed E-state index contributed by atoms with van der Waals surface area (Å²) in [7, 11) is 0. The van der Waals surface area contributed by atoms with E-state index in [0.717, 1.165) is 18.2 Å². The molecule has 0 radical (unpaired) electrons. The van der Waals surface area contributed by atoms with E-state index in [9.17, 15) is 14.9 Å². The first-order valence-corrected chi connectivity index (χ1v) is 7.18. The molecule has 1 aromatic carbocycles. The number of thioether (sulfide) groups is 1. The Morgan fingerprint density at radius 2 is 2.20 bits per heavy atom. The van der Waals surface area contributed by atoms with Gasteiger partial charge in [-0.25, -0.2) is 0 Å². The van der Waals surface area contributed by atoms with Gasteiger partial charge in [-0.15, -0.1) is 11.8 Å². The van der Waals surface area contributed by atoms with E-state index in [-0.39, 0.29) is 11.4 Å². The minimum absolute atomic E-state index is 0.105. The lowest BCUT2D eigenvalue weighted by molar-refractivity contribution is -0.385. The number of benzene rings is 1. The summed E-state index contributed by atoms with van der Waals surface area (Å²) in [6.07, 6.45) is 1.21. The second kappa shape index (κ2) is 7.74. The van der Waals surface area contributed by atoms with Gasteiger partial charge >= 0.3 is 11.7 Å². The molecule has 0 fully saturated rings. The van der Waals surface area contributed by atoms with Crippen LogP contribution in [0.3, 0.4) is 0 Å².